The molecule has 0 saturated heterocycles. The maximum atomic E-state index is 4.33. The summed E-state index contributed by atoms with van der Waals surface area (Å²) in [5.41, 5.74) is 1.19. The average molecular weight is 393 g/mol. The zero-order valence-corrected chi connectivity index (χ0v) is 14.2. The number of thiophene rings is 1. The summed E-state index contributed by atoms with van der Waals surface area (Å²) in [6.07, 6.45) is 2.20. The van der Waals surface area contributed by atoms with Gasteiger partial charge in [-0.15, -0.1) is 21.5 Å². The molecule has 1 atom stereocenters. The predicted molar refractivity (Wildman–Crippen MR) is 87.3 cm³/mol. The highest BCUT2D eigenvalue weighted by Gasteiger charge is 2.15. The summed E-state index contributed by atoms with van der Waals surface area (Å²) in [6.45, 7) is 5.39. The molecule has 0 bridgehead atoms. The van der Waals surface area contributed by atoms with E-state index in [1.807, 2.05) is 0 Å². The summed E-state index contributed by atoms with van der Waals surface area (Å²) in [6, 6.07) is 2.50. The molecule has 0 aromatic carbocycles. The third-order valence-corrected chi connectivity index (χ3v) is 5.48. The quantitative estimate of drug-likeness (QED) is 0.743. The Morgan fingerprint density at radius 3 is 2.83 bits per heavy atom. The number of aromatic nitrogens is 2. The summed E-state index contributed by atoms with van der Waals surface area (Å²) in [4.78, 5) is 0. The van der Waals surface area contributed by atoms with Gasteiger partial charge in [-0.3, -0.25) is 0 Å². The van der Waals surface area contributed by atoms with Crippen LogP contribution in [0.25, 0.3) is 10.6 Å². The highest BCUT2D eigenvalue weighted by molar-refractivity contribution is 14.1. The van der Waals surface area contributed by atoms with E-state index in [0.29, 0.717) is 6.04 Å². The first-order chi connectivity index (χ1) is 8.74. The van der Waals surface area contributed by atoms with Crippen LogP contribution in [-0.4, -0.2) is 16.7 Å². The van der Waals surface area contributed by atoms with Crippen molar-refractivity contribution in [2.75, 3.05) is 6.54 Å². The van der Waals surface area contributed by atoms with E-state index in [1.165, 1.54) is 8.45 Å². The van der Waals surface area contributed by atoms with Crippen LogP contribution in [0.1, 0.15) is 37.7 Å². The van der Waals surface area contributed by atoms with Gasteiger partial charge >= 0.3 is 0 Å². The number of halogens is 1. The van der Waals surface area contributed by atoms with E-state index >= 15 is 0 Å². The molecule has 0 aliphatic carbocycles. The fourth-order valence-corrected chi connectivity index (χ4v) is 4.03. The molecule has 98 valence electrons. The molecule has 6 heteroatoms. The Labute approximate surface area is 129 Å². The number of hydrogen-bond donors (Lipinski definition) is 1. The molecule has 0 saturated carbocycles. The second-order valence-electron chi connectivity index (χ2n) is 4.00. The normalized spacial score (nSPS) is 12.8. The number of rotatable bonds is 6. The van der Waals surface area contributed by atoms with Gasteiger partial charge in [0, 0.05) is 10.9 Å². The van der Waals surface area contributed by atoms with Crippen LogP contribution in [0, 0.1) is 2.88 Å². The molecule has 0 aliphatic rings. The van der Waals surface area contributed by atoms with Crippen LogP contribution in [0.15, 0.2) is 11.4 Å². The van der Waals surface area contributed by atoms with Gasteiger partial charge in [0.25, 0.3) is 0 Å². The Hall–Kier alpha value is -0.0500. The van der Waals surface area contributed by atoms with E-state index < -0.39 is 0 Å². The largest absolute Gasteiger partial charge is 0.308 e. The van der Waals surface area contributed by atoms with Gasteiger partial charge < -0.3 is 5.32 Å². The molecule has 0 spiro atoms. The Morgan fingerprint density at radius 1 is 1.39 bits per heavy atom. The van der Waals surface area contributed by atoms with Gasteiger partial charge in [0.05, 0.1) is 8.93 Å². The van der Waals surface area contributed by atoms with Crippen molar-refractivity contribution >= 4 is 45.3 Å². The van der Waals surface area contributed by atoms with E-state index in [1.54, 1.807) is 22.7 Å². The standard InChI is InChI=1S/C12H16IN3S2/c1-3-5-14-9(4-2)12-16-15-11(18-12)8-6-10(13)17-7-8/h6-7,9,14H,3-5H2,1-2H3. The molecule has 0 fully saturated rings. The Morgan fingerprint density at radius 2 is 2.22 bits per heavy atom. The van der Waals surface area contributed by atoms with Crippen molar-refractivity contribution in [2.45, 2.75) is 32.7 Å². The lowest BCUT2D eigenvalue weighted by atomic mass is 10.2. The first kappa shape index (κ1) is 14.4. The summed E-state index contributed by atoms with van der Waals surface area (Å²) in [5, 5.41) is 16.4. The van der Waals surface area contributed by atoms with E-state index in [4.69, 9.17) is 0 Å². The maximum Gasteiger partial charge on any atom is 0.148 e. The van der Waals surface area contributed by atoms with Crippen molar-refractivity contribution < 1.29 is 0 Å². The number of nitrogens with one attached hydrogen (secondary N) is 1. The molecule has 2 rings (SSSR count). The molecule has 0 radical (unpaired) electrons. The Kier molecular flexibility index (Phi) is 5.53. The maximum absolute atomic E-state index is 4.33. The van der Waals surface area contributed by atoms with Crippen LogP contribution in [0.2, 0.25) is 0 Å². The summed E-state index contributed by atoms with van der Waals surface area (Å²) in [7, 11) is 0. The van der Waals surface area contributed by atoms with Crippen molar-refractivity contribution in [1.82, 2.24) is 15.5 Å². The third kappa shape index (κ3) is 3.49. The van der Waals surface area contributed by atoms with Crippen LogP contribution < -0.4 is 5.32 Å². The molecule has 0 aliphatic heterocycles. The lowest BCUT2D eigenvalue weighted by Crippen LogP contribution is -2.21. The molecular weight excluding hydrogens is 377 g/mol. The van der Waals surface area contributed by atoms with Crippen LogP contribution in [0.3, 0.4) is 0 Å². The molecule has 1 N–H and O–H groups in total. The minimum atomic E-state index is 0.342. The number of nitrogens with zero attached hydrogens (tertiary/aromatic N) is 2. The van der Waals surface area contributed by atoms with Crippen molar-refractivity contribution in [1.29, 1.82) is 0 Å². The second kappa shape index (κ2) is 6.93. The van der Waals surface area contributed by atoms with Crippen molar-refractivity contribution in [3.8, 4) is 10.6 Å². The molecule has 1 unspecified atom stereocenters. The van der Waals surface area contributed by atoms with E-state index in [0.717, 1.165) is 29.4 Å². The van der Waals surface area contributed by atoms with Gasteiger partial charge in [-0.25, -0.2) is 0 Å². The Balaban J connectivity index is 2.13. The topological polar surface area (TPSA) is 37.8 Å². The number of hydrogen-bond acceptors (Lipinski definition) is 5. The predicted octanol–water partition coefficient (Wildman–Crippen LogP) is 4.32. The minimum Gasteiger partial charge on any atom is -0.308 e. The smallest absolute Gasteiger partial charge is 0.148 e. The molecule has 3 nitrogen and oxygen atoms in total. The molecule has 0 amide bonds. The van der Waals surface area contributed by atoms with Gasteiger partial charge in [-0.2, -0.15) is 0 Å². The monoisotopic (exact) mass is 393 g/mol. The van der Waals surface area contributed by atoms with Gasteiger partial charge in [-0.1, -0.05) is 25.2 Å². The van der Waals surface area contributed by atoms with Crippen LogP contribution in [0.4, 0.5) is 0 Å². The zero-order chi connectivity index (χ0) is 13.0. The molecule has 2 heterocycles. The molecule has 18 heavy (non-hydrogen) atoms. The van der Waals surface area contributed by atoms with Gasteiger partial charge in [0.1, 0.15) is 10.0 Å². The van der Waals surface area contributed by atoms with Crippen LogP contribution in [-0.2, 0) is 0 Å². The fourth-order valence-electron chi connectivity index (χ4n) is 1.64. The van der Waals surface area contributed by atoms with Gasteiger partial charge in [0.2, 0.25) is 0 Å². The average Bonchev–Trinajstić information content (AvgIpc) is 2.99. The van der Waals surface area contributed by atoms with Gasteiger partial charge in [-0.05, 0) is 48.0 Å². The van der Waals surface area contributed by atoms with Gasteiger partial charge in [0.15, 0.2) is 0 Å². The van der Waals surface area contributed by atoms with E-state index in [2.05, 4.69) is 63.4 Å². The first-order valence-electron chi connectivity index (χ1n) is 6.05. The minimum absolute atomic E-state index is 0.342. The lowest BCUT2D eigenvalue weighted by Gasteiger charge is -2.12. The van der Waals surface area contributed by atoms with Crippen molar-refractivity contribution in [3.63, 3.8) is 0 Å². The highest BCUT2D eigenvalue weighted by Crippen LogP contribution is 2.31. The first-order valence-corrected chi connectivity index (χ1v) is 8.83. The van der Waals surface area contributed by atoms with Crippen LogP contribution in [0.5, 0.6) is 0 Å². The van der Waals surface area contributed by atoms with Crippen molar-refractivity contribution in [3.05, 3.63) is 19.3 Å². The molecular formula is C12H16IN3S2. The SMILES string of the molecule is CCCNC(CC)c1nnc(-c2csc(I)c2)s1. The summed E-state index contributed by atoms with van der Waals surface area (Å²) < 4.78 is 1.29. The zero-order valence-electron chi connectivity index (χ0n) is 10.4. The van der Waals surface area contributed by atoms with E-state index in [-0.39, 0.29) is 0 Å². The Bertz CT molecular complexity index is 495. The van der Waals surface area contributed by atoms with Crippen molar-refractivity contribution in [2.24, 2.45) is 0 Å². The molecule has 2 aromatic heterocycles. The highest BCUT2D eigenvalue weighted by atomic mass is 127. The van der Waals surface area contributed by atoms with Crippen LogP contribution >= 0.6 is 45.3 Å². The third-order valence-electron chi connectivity index (χ3n) is 2.60. The molecule has 2 aromatic rings. The fraction of sp³-hybridized carbons (Fsp3) is 0.500. The summed E-state index contributed by atoms with van der Waals surface area (Å²) in [5.74, 6) is 0. The summed E-state index contributed by atoms with van der Waals surface area (Å²) >= 11 is 5.78. The second-order valence-corrected chi connectivity index (χ2v) is 7.81. The lowest BCUT2D eigenvalue weighted by molar-refractivity contribution is 0.513. The van der Waals surface area contributed by atoms with E-state index in [9.17, 15) is 0 Å².